The van der Waals surface area contributed by atoms with E-state index in [4.69, 9.17) is 9.47 Å². The van der Waals surface area contributed by atoms with Crippen LogP contribution in [0.1, 0.15) is 44.1 Å². The molecule has 1 aromatic carbocycles. The van der Waals surface area contributed by atoms with Crippen molar-refractivity contribution in [2.75, 3.05) is 26.9 Å². The van der Waals surface area contributed by atoms with Crippen molar-refractivity contribution >= 4 is 5.91 Å². The van der Waals surface area contributed by atoms with Crippen LogP contribution in [0.15, 0.2) is 18.2 Å². The molecule has 146 valence electrons. The van der Waals surface area contributed by atoms with E-state index in [0.29, 0.717) is 18.8 Å². The van der Waals surface area contributed by atoms with Gasteiger partial charge in [-0.05, 0) is 86.4 Å². The number of carbonyl (C=O) groups is 1. The number of likely N-dealkylation sites (N-methyl/N-ethyl adjacent to an activating group) is 1. The Morgan fingerprint density at radius 2 is 1.78 bits per heavy atom. The minimum atomic E-state index is 0.147. The molecule has 1 amide bonds. The van der Waals surface area contributed by atoms with Crippen molar-refractivity contribution in [3.63, 3.8) is 0 Å². The number of benzene rings is 1. The van der Waals surface area contributed by atoms with Gasteiger partial charge in [0.05, 0.1) is 6.54 Å². The Bertz CT molecular complexity index is 697. The zero-order valence-electron chi connectivity index (χ0n) is 16.2. The highest BCUT2D eigenvalue weighted by Crippen LogP contribution is 2.59. The summed E-state index contributed by atoms with van der Waals surface area (Å²) in [6.07, 6.45) is 8.37. The Morgan fingerprint density at radius 1 is 1.11 bits per heavy atom. The van der Waals surface area contributed by atoms with E-state index in [2.05, 4.69) is 10.2 Å². The summed E-state index contributed by atoms with van der Waals surface area (Å²) in [5.41, 5.74) is 1.54. The van der Waals surface area contributed by atoms with Gasteiger partial charge in [-0.25, -0.2) is 0 Å². The minimum absolute atomic E-state index is 0.147. The van der Waals surface area contributed by atoms with E-state index in [-0.39, 0.29) is 5.91 Å². The monoisotopic (exact) mass is 370 g/mol. The first-order valence-corrected chi connectivity index (χ1v) is 10.4. The van der Waals surface area contributed by atoms with Crippen LogP contribution in [-0.4, -0.2) is 37.7 Å². The zero-order valence-corrected chi connectivity index (χ0v) is 16.2. The summed E-state index contributed by atoms with van der Waals surface area (Å²) in [6.45, 7) is 2.33. The average Bonchev–Trinajstić information content (AvgIpc) is 3.06. The molecule has 5 nitrogen and oxygen atoms in total. The van der Waals surface area contributed by atoms with Gasteiger partial charge < -0.3 is 14.8 Å². The highest BCUT2D eigenvalue weighted by Gasteiger charge is 2.50. The standard InChI is InChI=1S/C22H30N2O3/c1-24(11-15-2-3-19-20(7-15)27-14-26-19)12-21(25)23-13-22-8-16-4-17(9-22)6-18(5-16)10-22/h2-3,7,16-18H,4-6,8-14H2,1H3,(H,23,25). The molecule has 0 unspecified atom stereocenters. The third-order valence-corrected chi connectivity index (χ3v) is 7.13. The first kappa shape index (κ1) is 17.4. The molecular formula is C22H30N2O3. The number of hydrogen-bond acceptors (Lipinski definition) is 4. The number of nitrogens with one attached hydrogen (secondary N) is 1. The second-order valence-electron chi connectivity index (χ2n) is 9.55. The van der Waals surface area contributed by atoms with Gasteiger partial charge in [0, 0.05) is 13.1 Å². The Hall–Kier alpha value is -1.75. The molecule has 0 radical (unpaired) electrons. The molecule has 0 saturated heterocycles. The van der Waals surface area contributed by atoms with Crippen LogP contribution in [0, 0.1) is 23.2 Å². The number of fused-ring (bicyclic) bond motifs is 1. The molecule has 1 aliphatic heterocycles. The van der Waals surface area contributed by atoms with Crippen molar-refractivity contribution in [3.8, 4) is 11.5 Å². The van der Waals surface area contributed by atoms with Crippen LogP contribution in [-0.2, 0) is 11.3 Å². The molecule has 0 atom stereocenters. The van der Waals surface area contributed by atoms with Gasteiger partial charge in [-0.2, -0.15) is 0 Å². The van der Waals surface area contributed by atoms with Crippen molar-refractivity contribution in [1.82, 2.24) is 10.2 Å². The van der Waals surface area contributed by atoms with Crippen molar-refractivity contribution in [2.45, 2.75) is 45.1 Å². The van der Waals surface area contributed by atoms with Crippen LogP contribution in [0.2, 0.25) is 0 Å². The lowest BCUT2D eigenvalue weighted by Crippen LogP contribution is -2.51. The summed E-state index contributed by atoms with van der Waals surface area (Å²) in [7, 11) is 1.99. The van der Waals surface area contributed by atoms with E-state index < -0.39 is 0 Å². The molecule has 4 aliphatic carbocycles. The normalized spacial score (nSPS) is 32.9. The fourth-order valence-electron chi connectivity index (χ4n) is 6.50. The fraction of sp³-hybridized carbons (Fsp3) is 0.682. The predicted octanol–water partition coefficient (Wildman–Crippen LogP) is 3.18. The highest BCUT2D eigenvalue weighted by atomic mass is 16.7. The molecule has 27 heavy (non-hydrogen) atoms. The predicted molar refractivity (Wildman–Crippen MR) is 103 cm³/mol. The molecule has 0 spiro atoms. The molecular weight excluding hydrogens is 340 g/mol. The quantitative estimate of drug-likeness (QED) is 0.836. The second-order valence-corrected chi connectivity index (χ2v) is 9.55. The van der Waals surface area contributed by atoms with E-state index >= 15 is 0 Å². The summed E-state index contributed by atoms with van der Waals surface area (Å²) < 4.78 is 10.8. The second kappa shape index (κ2) is 6.69. The van der Waals surface area contributed by atoms with E-state index in [9.17, 15) is 4.79 Å². The third-order valence-electron chi connectivity index (χ3n) is 7.13. The average molecular weight is 370 g/mol. The first-order valence-electron chi connectivity index (χ1n) is 10.4. The molecule has 6 rings (SSSR count). The van der Waals surface area contributed by atoms with Gasteiger partial charge in [-0.15, -0.1) is 0 Å². The number of hydrogen-bond donors (Lipinski definition) is 1. The molecule has 1 N–H and O–H groups in total. The van der Waals surface area contributed by atoms with Gasteiger partial charge in [0.15, 0.2) is 11.5 Å². The Labute approximate surface area is 161 Å². The number of amides is 1. The summed E-state index contributed by atoms with van der Waals surface area (Å²) in [5, 5.41) is 3.27. The summed E-state index contributed by atoms with van der Waals surface area (Å²) in [6, 6.07) is 5.99. The Balaban J connectivity index is 1.12. The van der Waals surface area contributed by atoms with Gasteiger partial charge in [0.1, 0.15) is 0 Å². The summed E-state index contributed by atoms with van der Waals surface area (Å²) in [4.78, 5) is 14.6. The minimum Gasteiger partial charge on any atom is -0.454 e. The third kappa shape index (κ3) is 3.54. The van der Waals surface area contributed by atoms with E-state index in [1.165, 1.54) is 38.5 Å². The number of nitrogens with zero attached hydrogens (tertiary/aromatic N) is 1. The Kier molecular flexibility index (Phi) is 4.30. The van der Waals surface area contributed by atoms with Crippen molar-refractivity contribution in [3.05, 3.63) is 23.8 Å². The lowest BCUT2D eigenvalue weighted by molar-refractivity contribution is -0.124. The van der Waals surface area contributed by atoms with Crippen LogP contribution in [0.4, 0.5) is 0 Å². The van der Waals surface area contributed by atoms with Gasteiger partial charge in [-0.1, -0.05) is 6.07 Å². The SMILES string of the molecule is CN(CC(=O)NCC12CC3CC(CC(C3)C1)C2)Cc1ccc2c(c1)OCO2. The fourth-order valence-corrected chi connectivity index (χ4v) is 6.50. The maximum absolute atomic E-state index is 12.5. The van der Waals surface area contributed by atoms with Gasteiger partial charge in [-0.3, -0.25) is 9.69 Å². The van der Waals surface area contributed by atoms with Crippen LogP contribution in [0.25, 0.3) is 0 Å². The summed E-state index contributed by atoms with van der Waals surface area (Å²) in [5.74, 6) is 4.54. The molecule has 4 saturated carbocycles. The summed E-state index contributed by atoms with van der Waals surface area (Å²) >= 11 is 0. The zero-order chi connectivity index (χ0) is 18.4. The maximum atomic E-state index is 12.5. The van der Waals surface area contributed by atoms with E-state index in [1.807, 2.05) is 25.2 Å². The molecule has 5 aliphatic rings. The van der Waals surface area contributed by atoms with Crippen LogP contribution >= 0.6 is 0 Å². The van der Waals surface area contributed by atoms with Crippen LogP contribution < -0.4 is 14.8 Å². The molecule has 0 aromatic heterocycles. The lowest BCUT2D eigenvalue weighted by Gasteiger charge is -2.56. The topological polar surface area (TPSA) is 50.8 Å². The molecule has 4 fully saturated rings. The highest BCUT2D eigenvalue weighted by molar-refractivity contribution is 5.78. The maximum Gasteiger partial charge on any atom is 0.234 e. The van der Waals surface area contributed by atoms with Crippen molar-refractivity contribution < 1.29 is 14.3 Å². The van der Waals surface area contributed by atoms with Crippen molar-refractivity contribution in [1.29, 1.82) is 0 Å². The number of carbonyl (C=O) groups excluding carboxylic acids is 1. The van der Waals surface area contributed by atoms with Crippen LogP contribution in [0.3, 0.4) is 0 Å². The van der Waals surface area contributed by atoms with Gasteiger partial charge >= 0.3 is 0 Å². The first-order chi connectivity index (χ1) is 13.1. The molecule has 4 bridgehead atoms. The van der Waals surface area contributed by atoms with E-state index in [1.54, 1.807) is 0 Å². The lowest BCUT2D eigenvalue weighted by atomic mass is 9.49. The van der Waals surface area contributed by atoms with Crippen LogP contribution in [0.5, 0.6) is 11.5 Å². The van der Waals surface area contributed by atoms with E-state index in [0.717, 1.165) is 47.9 Å². The Morgan fingerprint density at radius 3 is 2.48 bits per heavy atom. The smallest absolute Gasteiger partial charge is 0.234 e. The van der Waals surface area contributed by atoms with Gasteiger partial charge in [0.2, 0.25) is 12.7 Å². The van der Waals surface area contributed by atoms with Gasteiger partial charge in [0.25, 0.3) is 0 Å². The largest absolute Gasteiger partial charge is 0.454 e. The van der Waals surface area contributed by atoms with Crippen molar-refractivity contribution in [2.24, 2.45) is 23.2 Å². The number of ether oxygens (including phenoxy) is 2. The molecule has 1 aromatic rings. The molecule has 1 heterocycles. The molecule has 5 heteroatoms. The number of rotatable bonds is 6.